The van der Waals surface area contributed by atoms with Gasteiger partial charge in [-0.1, -0.05) is 63.9 Å². The van der Waals surface area contributed by atoms with Crippen molar-refractivity contribution in [3.05, 3.63) is 99.0 Å². The Kier molecular flexibility index (Phi) is 5.81. The van der Waals surface area contributed by atoms with Crippen LogP contribution in [0.4, 0.5) is 0 Å². The molecule has 3 aromatic carbocycles. The highest BCUT2D eigenvalue weighted by Crippen LogP contribution is 2.32. The lowest BCUT2D eigenvalue weighted by atomic mass is 9.94. The Labute approximate surface area is 178 Å². The fourth-order valence-electron chi connectivity index (χ4n) is 3.42. The number of benzene rings is 3. The van der Waals surface area contributed by atoms with E-state index in [1.165, 1.54) is 5.56 Å². The third-order valence-electron chi connectivity index (χ3n) is 4.90. The lowest BCUT2D eigenvalue weighted by Gasteiger charge is -2.30. The first-order valence-corrected chi connectivity index (χ1v) is 10.3. The summed E-state index contributed by atoms with van der Waals surface area (Å²) in [5.41, 5.74) is 4.52. The Morgan fingerprint density at radius 3 is 2.39 bits per heavy atom. The Morgan fingerprint density at radius 1 is 1.00 bits per heavy atom. The van der Waals surface area contributed by atoms with Crippen LogP contribution in [0.2, 0.25) is 5.02 Å². The molecule has 1 aliphatic rings. The summed E-state index contributed by atoms with van der Waals surface area (Å²) in [6.07, 6.45) is 0.680. The van der Waals surface area contributed by atoms with Crippen molar-refractivity contribution in [2.75, 3.05) is 7.11 Å². The summed E-state index contributed by atoms with van der Waals surface area (Å²) in [6, 6.07) is 24.5. The average molecular weight is 456 g/mol. The summed E-state index contributed by atoms with van der Waals surface area (Å²) in [7, 11) is 1.68. The highest BCUT2D eigenvalue weighted by Gasteiger charge is 2.26. The molecule has 3 nitrogen and oxygen atoms in total. The van der Waals surface area contributed by atoms with Crippen molar-refractivity contribution in [3.63, 3.8) is 0 Å². The van der Waals surface area contributed by atoms with Gasteiger partial charge in [-0.2, -0.15) is 0 Å². The molecule has 0 aromatic heterocycles. The molecular weight excluding hydrogens is 436 g/mol. The fraction of sp³-hybridized carbons (Fsp3) is 0.174. The Balaban J connectivity index is 1.71. The van der Waals surface area contributed by atoms with Crippen LogP contribution in [-0.2, 0) is 0 Å². The maximum Gasteiger partial charge on any atom is 0.126 e. The predicted octanol–water partition coefficient (Wildman–Crippen LogP) is 6.33. The number of halogens is 2. The van der Waals surface area contributed by atoms with Gasteiger partial charge in [0.1, 0.15) is 11.9 Å². The van der Waals surface area contributed by atoms with Gasteiger partial charge in [0.25, 0.3) is 0 Å². The topological polar surface area (TPSA) is 33.6 Å². The zero-order valence-electron chi connectivity index (χ0n) is 15.4. The molecule has 0 saturated heterocycles. The van der Waals surface area contributed by atoms with Gasteiger partial charge in [0.15, 0.2) is 0 Å². The second kappa shape index (κ2) is 8.48. The number of rotatable bonds is 4. The Bertz CT molecular complexity index is 986. The minimum Gasteiger partial charge on any atom is -0.497 e. The van der Waals surface area contributed by atoms with Crippen LogP contribution >= 0.6 is 27.5 Å². The van der Waals surface area contributed by atoms with E-state index >= 15 is 0 Å². The molecule has 0 spiro atoms. The van der Waals surface area contributed by atoms with Gasteiger partial charge in [0, 0.05) is 27.7 Å². The van der Waals surface area contributed by atoms with Crippen LogP contribution in [0.5, 0.6) is 5.75 Å². The second-order valence-electron chi connectivity index (χ2n) is 6.74. The van der Waals surface area contributed by atoms with Crippen molar-refractivity contribution in [1.82, 2.24) is 5.32 Å². The number of aliphatic imine (C=N–C) groups is 1. The van der Waals surface area contributed by atoms with Crippen molar-refractivity contribution in [2.45, 2.75) is 18.6 Å². The molecule has 4 rings (SSSR count). The number of nitrogens with one attached hydrogen (secondary N) is 1. The van der Waals surface area contributed by atoms with Gasteiger partial charge < -0.3 is 4.74 Å². The monoisotopic (exact) mass is 454 g/mol. The lowest BCUT2D eigenvalue weighted by Crippen LogP contribution is -2.33. The van der Waals surface area contributed by atoms with Crippen molar-refractivity contribution in [1.29, 1.82) is 0 Å². The van der Waals surface area contributed by atoms with Gasteiger partial charge in [-0.3, -0.25) is 10.3 Å². The van der Waals surface area contributed by atoms with Crippen LogP contribution in [0.15, 0.2) is 82.3 Å². The van der Waals surface area contributed by atoms with E-state index in [0.29, 0.717) is 0 Å². The predicted molar refractivity (Wildman–Crippen MR) is 118 cm³/mol. The third kappa shape index (κ3) is 4.30. The van der Waals surface area contributed by atoms with E-state index in [2.05, 4.69) is 45.5 Å². The molecule has 0 radical (unpaired) electrons. The van der Waals surface area contributed by atoms with Gasteiger partial charge in [0.2, 0.25) is 0 Å². The quantitative estimate of drug-likeness (QED) is 0.498. The van der Waals surface area contributed by atoms with Gasteiger partial charge in [-0.15, -0.1) is 0 Å². The van der Waals surface area contributed by atoms with Crippen molar-refractivity contribution in [2.24, 2.45) is 4.99 Å². The highest BCUT2D eigenvalue weighted by molar-refractivity contribution is 9.10. The summed E-state index contributed by atoms with van der Waals surface area (Å²) in [6.45, 7) is 0. The molecule has 1 aliphatic heterocycles. The average Bonchev–Trinajstić information content (AvgIpc) is 2.74. The van der Waals surface area contributed by atoms with E-state index < -0.39 is 0 Å². The minimum absolute atomic E-state index is 0.132. The zero-order valence-corrected chi connectivity index (χ0v) is 17.7. The first kappa shape index (κ1) is 19.2. The van der Waals surface area contributed by atoms with E-state index in [1.807, 2.05) is 48.5 Å². The van der Waals surface area contributed by atoms with Crippen molar-refractivity contribution < 1.29 is 4.74 Å². The van der Waals surface area contributed by atoms with Crippen LogP contribution in [0, 0.1) is 0 Å². The lowest BCUT2D eigenvalue weighted by molar-refractivity contribution is 0.413. The van der Waals surface area contributed by atoms with Crippen LogP contribution in [0.25, 0.3) is 0 Å². The van der Waals surface area contributed by atoms with E-state index in [0.717, 1.165) is 38.5 Å². The zero-order chi connectivity index (χ0) is 19.5. The largest absolute Gasteiger partial charge is 0.497 e. The van der Waals surface area contributed by atoms with Crippen molar-refractivity contribution in [3.8, 4) is 5.75 Å². The number of hydrogen-bond donors (Lipinski definition) is 1. The molecule has 1 heterocycles. The summed E-state index contributed by atoms with van der Waals surface area (Å²) in [5, 5.41) is 4.40. The number of nitrogens with zero attached hydrogens (tertiary/aromatic N) is 1. The smallest absolute Gasteiger partial charge is 0.126 e. The van der Waals surface area contributed by atoms with Gasteiger partial charge in [-0.25, -0.2) is 0 Å². The molecule has 5 heteroatoms. The van der Waals surface area contributed by atoms with E-state index in [9.17, 15) is 0 Å². The van der Waals surface area contributed by atoms with Crippen LogP contribution in [0.3, 0.4) is 0 Å². The van der Waals surface area contributed by atoms with Crippen molar-refractivity contribution >= 4 is 33.2 Å². The van der Waals surface area contributed by atoms with Gasteiger partial charge in [0.05, 0.1) is 7.11 Å². The van der Waals surface area contributed by atoms with E-state index in [4.69, 9.17) is 21.3 Å². The van der Waals surface area contributed by atoms with Crippen LogP contribution in [-0.4, -0.2) is 12.8 Å². The fourth-order valence-corrected chi connectivity index (χ4v) is 3.94. The number of methoxy groups -OCH3 is 1. The summed E-state index contributed by atoms with van der Waals surface area (Å²) >= 11 is 9.65. The standard InChI is InChI=1S/C23H20BrClN2O/c1-28-20-11-7-15(8-12-20)21-14-22(17-3-2-4-18(24)13-17)27-23(26-21)16-5-9-19(25)10-6-16/h2-13,21,23,26H,14H2,1H3. The first-order valence-electron chi connectivity index (χ1n) is 9.10. The molecule has 0 bridgehead atoms. The van der Waals surface area contributed by atoms with Gasteiger partial charge >= 0.3 is 0 Å². The molecular formula is C23H20BrClN2O. The SMILES string of the molecule is COc1ccc(C2CC(c3cccc(Br)c3)=NC(c3ccc(Cl)cc3)N2)cc1. The highest BCUT2D eigenvalue weighted by atomic mass is 79.9. The number of ether oxygens (including phenoxy) is 1. The molecule has 3 aromatic rings. The maximum absolute atomic E-state index is 6.07. The molecule has 2 unspecified atom stereocenters. The van der Waals surface area contributed by atoms with Crippen LogP contribution < -0.4 is 10.1 Å². The molecule has 0 saturated carbocycles. The molecule has 1 N–H and O–H groups in total. The molecule has 28 heavy (non-hydrogen) atoms. The maximum atomic E-state index is 6.07. The normalized spacial score (nSPS) is 19.2. The summed E-state index contributed by atoms with van der Waals surface area (Å²) in [5.74, 6) is 0.856. The van der Waals surface area contributed by atoms with E-state index in [1.54, 1.807) is 7.11 Å². The van der Waals surface area contributed by atoms with Gasteiger partial charge in [-0.05, 0) is 53.1 Å². The second-order valence-corrected chi connectivity index (χ2v) is 8.09. The molecule has 142 valence electrons. The Morgan fingerprint density at radius 2 is 1.71 bits per heavy atom. The number of hydrogen-bond acceptors (Lipinski definition) is 3. The third-order valence-corrected chi connectivity index (χ3v) is 5.65. The van der Waals surface area contributed by atoms with Crippen LogP contribution in [0.1, 0.15) is 35.3 Å². The summed E-state index contributed by atoms with van der Waals surface area (Å²) < 4.78 is 6.35. The molecule has 0 amide bonds. The van der Waals surface area contributed by atoms with E-state index in [-0.39, 0.29) is 12.2 Å². The Hall–Kier alpha value is -2.14. The minimum atomic E-state index is -0.132. The molecule has 0 aliphatic carbocycles. The molecule has 0 fully saturated rings. The molecule has 2 atom stereocenters. The summed E-state index contributed by atoms with van der Waals surface area (Å²) in [4.78, 5) is 5.02. The first-order chi connectivity index (χ1) is 13.6.